The number of amides is 2. The first-order valence-corrected chi connectivity index (χ1v) is 8.69. The summed E-state index contributed by atoms with van der Waals surface area (Å²) >= 11 is 0. The predicted octanol–water partition coefficient (Wildman–Crippen LogP) is 3.74. The van der Waals surface area contributed by atoms with Crippen LogP contribution in [-0.2, 0) is 17.8 Å². The van der Waals surface area contributed by atoms with Crippen LogP contribution in [0.3, 0.4) is 0 Å². The van der Waals surface area contributed by atoms with Crippen molar-refractivity contribution in [1.29, 1.82) is 0 Å². The largest absolute Gasteiger partial charge is 0.326 e. The van der Waals surface area contributed by atoms with Gasteiger partial charge in [0.2, 0.25) is 5.91 Å². The van der Waals surface area contributed by atoms with E-state index in [1.807, 2.05) is 6.07 Å². The third kappa shape index (κ3) is 4.84. The number of rotatable bonds is 4. The van der Waals surface area contributed by atoms with E-state index in [1.165, 1.54) is 0 Å². The molecule has 1 heterocycles. The summed E-state index contributed by atoms with van der Waals surface area (Å²) in [5.74, 6) is -0.967. The molecule has 0 aliphatic carbocycles. The molecule has 27 heavy (non-hydrogen) atoms. The standard InChI is InChI=1S/C20H22FN3O2.ClH/c1-12(2)19(25)23-15-6-3-13(4-7-15)20(26)24-17-8-5-14-11-22-10-9-16(14)18(17)21;/h3-8,12,22H,9-11H2,1-2H3,(H,23,25)(H,24,26);1H. The van der Waals surface area contributed by atoms with Gasteiger partial charge in [-0.1, -0.05) is 19.9 Å². The first-order chi connectivity index (χ1) is 12.5. The first kappa shape index (κ1) is 20.9. The number of carbonyl (C=O) groups is 2. The van der Waals surface area contributed by atoms with Crippen molar-refractivity contribution in [3.8, 4) is 0 Å². The molecule has 0 radical (unpaired) electrons. The molecule has 5 nitrogen and oxygen atoms in total. The average molecular weight is 392 g/mol. The molecular weight excluding hydrogens is 369 g/mol. The second-order valence-corrected chi connectivity index (χ2v) is 6.67. The van der Waals surface area contributed by atoms with Crippen molar-refractivity contribution < 1.29 is 14.0 Å². The molecule has 0 spiro atoms. The van der Waals surface area contributed by atoms with E-state index in [0.29, 0.717) is 29.8 Å². The minimum Gasteiger partial charge on any atom is -0.326 e. The molecule has 0 saturated carbocycles. The number of hydrogen-bond acceptors (Lipinski definition) is 3. The highest BCUT2D eigenvalue weighted by molar-refractivity contribution is 6.04. The summed E-state index contributed by atoms with van der Waals surface area (Å²) in [6.07, 6.45) is 0.606. The van der Waals surface area contributed by atoms with Crippen LogP contribution >= 0.6 is 12.4 Å². The lowest BCUT2D eigenvalue weighted by Gasteiger charge is -2.19. The zero-order chi connectivity index (χ0) is 18.7. The summed E-state index contributed by atoms with van der Waals surface area (Å²) in [6.45, 7) is 4.98. The normalized spacial score (nSPS) is 12.7. The van der Waals surface area contributed by atoms with Gasteiger partial charge in [0.05, 0.1) is 5.69 Å². The summed E-state index contributed by atoms with van der Waals surface area (Å²) in [5, 5.41) is 8.59. The Balaban J connectivity index is 0.00000261. The number of carbonyl (C=O) groups excluding carboxylic acids is 2. The molecule has 2 aromatic rings. The number of fused-ring (bicyclic) bond motifs is 1. The van der Waals surface area contributed by atoms with Gasteiger partial charge in [0.15, 0.2) is 0 Å². The van der Waals surface area contributed by atoms with Gasteiger partial charge in [-0.25, -0.2) is 4.39 Å². The number of benzene rings is 2. The summed E-state index contributed by atoms with van der Waals surface area (Å²) < 4.78 is 14.6. The van der Waals surface area contributed by atoms with E-state index in [9.17, 15) is 14.0 Å². The van der Waals surface area contributed by atoms with Crippen molar-refractivity contribution in [2.24, 2.45) is 5.92 Å². The Kier molecular flexibility index (Phi) is 6.93. The van der Waals surface area contributed by atoms with Crippen molar-refractivity contribution in [2.75, 3.05) is 17.2 Å². The second-order valence-electron chi connectivity index (χ2n) is 6.67. The minimum atomic E-state index is -0.389. The van der Waals surface area contributed by atoms with Crippen LogP contribution < -0.4 is 16.0 Å². The monoisotopic (exact) mass is 391 g/mol. The van der Waals surface area contributed by atoms with E-state index in [2.05, 4.69) is 16.0 Å². The lowest BCUT2D eigenvalue weighted by atomic mass is 9.99. The van der Waals surface area contributed by atoms with Gasteiger partial charge in [-0.15, -0.1) is 12.4 Å². The van der Waals surface area contributed by atoms with Crippen molar-refractivity contribution >= 4 is 35.6 Å². The van der Waals surface area contributed by atoms with Gasteiger partial charge in [0.25, 0.3) is 5.91 Å². The fourth-order valence-electron chi connectivity index (χ4n) is 2.82. The molecule has 1 aliphatic rings. The molecule has 0 atom stereocenters. The van der Waals surface area contributed by atoms with Crippen LogP contribution in [0.2, 0.25) is 0 Å². The fourth-order valence-corrected chi connectivity index (χ4v) is 2.82. The fraction of sp³-hybridized carbons (Fsp3) is 0.300. The third-order valence-electron chi connectivity index (χ3n) is 4.39. The molecule has 3 rings (SSSR count). The lowest BCUT2D eigenvalue weighted by molar-refractivity contribution is -0.118. The first-order valence-electron chi connectivity index (χ1n) is 8.69. The zero-order valence-corrected chi connectivity index (χ0v) is 16.1. The molecule has 0 aromatic heterocycles. The summed E-state index contributed by atoms with van der Waals surface area (Å²) in [5.41, 5.74) is 2.79. The number of anilines is 2. The lowest BCUT2D eigenvalue weighted by Crippen LogP contribution is -2.25. The Morgan fingerprint density at radius 1 is 1.07 bits per heavy atom. The molecule has 3 N–H and O–H groups in total. The van der Waals surface area contributed by atoms with E-state index in [-0.39, 0.29) is 41.6 Å². The molecule has 7 heteroatoms. The van der Waals surface area contributed by atoms with Crippen LogP contribution in [0.4, 0.5) is 15.8 Å². The van der Waals surface area contributed by atoms with E-state index in [0.717, 1.165) is 12.1 Å². The van der Waals surface area contributed by atoms with Gasteiger partial charge in [0.1, 0.15) is 5.82 Å². The summed E-state index contributed by atoms with van der Waals surface area (Å²) in [6, 6.07) is 9.95. The van der Waals surface area contributed by atoms with Crippen LogP contribution in [-0.4, -0.2) is 18.4 Å². The molecule has 2 amide bonds. The van der Waals surface area contributed by atoms with Crippen LogP contribution in [0.25, 0.3) is 0 Å². The zero-order valence-electron chi connectivity index (χ0n) is 15.3. The maximum Gasteiger partial charge on any atom is 0.255 e. The van der Waals surface area contributed by atoms with Gasteiger partial charge >= 0.3 is 0 Å². The Bertz CT molecular complexity index is 838. The second kappa shape index (κ2) is 8.97. The van der Waals surface area contributed by atoms with Crippen LogP contribution in [0, 0.1) is 11.7 Å². The molecule has 1 aliphatic heterocycles. The Hall–Kier alpha value is -2.44. The maximum atomic E-state index is 14.6. The van der Waals surface area contributed by atoms with Crippen molar-refractivity contribution in [1.82, 2.24) is 5.32 Å². The maximum absolute atomic E-state index is 14.6. The molecule has 2 aromatic carbocycles. The predicted molar refractivity (Wildman–Crippen MR) is 107 cm³/mol. The van der Waals surface area contributed by atoms with Gasteiger partial charge in [-0.2, -0.15) is 0 Å². The van der Waals surface area contributed by atoms with E-state index in [1.54, 1.807) is 44.2 Å². The van der Waals surface area contributed by atoms with Crippen LogP contribution in [0.15, 0.2) is 36.4 Å². The van der Waals surface area contributed by atoms with Gasteiger partial charge < -0.3 is 16.0 Å². The van der Waals surface area contributed by atoms with E-state index < -0.39 is 0 Å². The molecule has 144 valence electrons. The molecule has 0 saturated heterocycles. The summed E-state index contributed by atoms with van der Waals surface area (Å²) in [4.78, 5) is 24.1. The Labute approximate surface area is 164 Å². The molecule has 0 unspecified atom stereocenters. The van der Waals surface area contributed by atoms with Crippen molar-refractivity contribution in [3.63, 3.8) is 0 Å². The topological polar surface area (TPSA) is 70.2 Å². The van der Waals surface area contributed by atoms with Gasteiger partial charge in [-0.05, 0) is 54.4 Å². The van der Waals surface area contributed by atoms with Crippen molar-refractivity contribution in [3.05, 3.63) is 58.9 Å². The summed E-state index contributed by atoms with van der Waals surface area (Å²) in [7, 11) is 0. The number of hydrogen-bond donors (Lipinski definition) is 3. The molecule has 0 bridgehead atoms. The molecular formula is C20H23ClFN3O2. The van der Waals surface area contributed by atoms with E-state index in [4.69, 9.17) is 0 Å². The molecule has 0 fully saturated rings. The number of nitrogens with one attached hydrogen (secondary N) is 3. The third-order valence-corrected chi connectivity index (χ3v) is 4.39. The Morgan fingerprint density at radius 3 is 2.44 bits per heavy atom. The van der Waals surface area contributed by atoms with Crippen LogP contribution in [0.1, 0.15) is 35.3 Å². The number of halogens is 2. The van der Waals surface area contributed by atoms with Crippen molar-refractivity contribution in [2.45, 2.75) is 26.8 Å². The average Bonchev–Trinajstić information content (AvgIpc) is 2.64. The van der Waals surface area contributed by atoms with Crippen LogP contribution in [0.5, 0.6) is 0 Å². The van der Waals surface area contributed by atoms with E-state index >= 15 is 0 Å². The SMILES string of the molecule is CC(C)C(=O)Nc1ccc(C(=O)Nc2ccc3c(c2F)CCNC3)cc1.Cl. The van der Waals surface area contributed by atoms with Gasteiger partial charge in [0, 0.05) is 23.7 Å². The highest BCUT2D eigenvalue weighted by Gasteiger charge is 2.18. The Morgan fingerprint density at radius 2 is 1.78 bits per heavy atom. The highest BCUT2D eigenvalue weighted by Crippen LogP contribution is 2.25. The smallest absolute Gasteiger partial charge is 0.255 e. The minimum absolute atomic E-state index is 0. The quantitative estimate of drug-likeness (QED) is 0.743. The highest BCUT2D eigenvalue weighted by atomic mass is 35.5. The van der Waals surface area contributed by atoms with Gasteiger partial charge in [-0.3, -0.25) is 9.59 Å².